The van der Waals surface area contributed by atoms with Gasteiger partial charge in [0.2, 0.25) is 0 Å². The first-order chi connectivity index (χ1) is 6.98. The summed E-state index contributed by atoms with van der Waals surface area (Å²) in [7, 11) is 0. The van der Waals surface area contributed by atoms with E-state index in [1.54, 1.807) is 6.07 Å². The van der Waals surface area contributed by atoms with Gasteiger partial charge in [-0.1, -0.05) is 12.1 Å². The van der Waals surface area contributed by atoms with Crippen molar-refractivity contribution in [2.24, 2.45) is 11.7 Å². The lowest BCUT2D eigenvalue weighted by molar-refractivity contribution is -0.137. The standard InChI is InChI=1S/C11H12F3N/c12-11(13,14)9-3-1-2-8(6-9)10(15)7-4-5-7/h1-3,6-7,10H,4-5,15H2/t10-/m0/s1. The molecule has 0 bridgehead atoms. The fourth-order valence-corrected chi connectivity index (χ4v) is 1.65. The number of rotatable bonds is 2. The van der Waals surface area contributed by atoms with Gasteiger partial charge in [0.25, 0.3) is 0 Å². The Bertz CT molecular complexity index is 355. The number of halogens is 3. The smallest absolute Gasteiger partial charge is 0.324 e. The molecular formula is C11H12F3N. The van der Waals surface area contributed by atoms with Crippen LogP contribution in [0.4, 0.5) is 13.2 Å². The van der Waals surface area contributed by atoms with E-state index in [1.807, 2.05) is 0 Å². The molecule has 0 heterocycles. The highest BCUT2D eigenvalue weighted by Gasteiger charge is 2.33. The Hall–Kier alpha value is -1.03. The van der Waals surface area contributed by atoms with E-state index >= 15 is 0 Å². The van der Waals surface area contributed by atoms with Crippen LogP contribution in [0.3, 0.4) is 0 Å². The van der Waals surface area contributed by atoms with Crippen molar-refractivity contribution < 1.29 is 13.2 Å². The van der Waals surface area contributed by atoms with Crippen LogP contribution in [-0.4, -0.2) is 0 Å². The minimum absolute atomic E-state index is 0.243. The van der Waals surface area contributed by atoms with Gasteiger partial charge < -0.3 is 5.73 Å². The number of hydrogen-bond donors (Lipinski definition) is 1. The highest BCUT2D eigenvalue weighted by Crippen LogP contribution is 2.40. The first kappa shape index (κ1) is 10.5. The van der Waals surface area contributed by atoms with Gasteiger partial charge in [0.15, 0.2) is 0 Å². The number of nitrogens with two attached hydrogens (primary N) is 1. The highest BCUT2D eigenvalue weighted by atomic mass is 19.4. The SMILES string of the molecule is N[C@H](c1cccc(C(F)(F)F)c1)C1CC1. The molecule has 0 unspecified atom stereocenters. The van der Waals surface area contributed by atoms with Gasteiger partial charge >= 0.3 is 6.18 Å². The van der Waals surface area contributed by atoms with Crippen molar-refractivity contribution in [3.05, 3.63) is 35.4 Å². The summed E-state index contributed by atoms with van der Waals surface area (Å²) >= 11 is 0. The Kier molecular flexibility index (Phi) is 2.46. The maximum atomic E-state index is 12.4. The van der Waals surface area contributed by atoms with Gasteiger partial charge in [-0.25, -0.2) is 0 Å². The predicted molar refractivity (Wildman–Crippen MR) is 51.1 cm³/mol. The Balaban J connectivity index is 2.25. The quantitative estimate of drug-likeness (QED) is 0.805. The average Bonchev–Trinajstić information content (AvgIpc) is 2.99. The fraction of sp³-hybridized carbons (Fsp3) is 0.455. The highest BCUT2D eigenvalue weighted by molar-refractivity contribution is 5.28. The monoisotopic (exact) mass is 215 g/mol. The van der Waals surface area contributed by atoms with Gasteiger partial charge in [-0.05, 0) is 36.5 Å². The summed E-state index contributed by atoms with van der Waals surface area (Å²) in [5.41, 5.74) is 5.82. The van der Waals surface area contributed by atoms with E-state index in [0.717, 1.165) is 25.0 Å². The van der Waals surface area contributed by atoms with E-state index in [1.165, 1.54) is 6.07 Å². The summed E-state index contributed by atoms with van der Waals surface area (Å²) in [5, 5.41) is 0. The zero-order valence-corrected chi connectivity index (χ0v) is 8.09. The van der Waals surface area contributed by atoms with Crippen molar-refractivity contribution in [3.63, 3.8) is 0 Å². The van der Waals surface area contributed by atoms with Crippen LogP contribution in [-0.2, 0) is 6.18 Å². The molecule has 1 aliphatic carbocycles. The van der Waals surface area contributed by atoms with Crippen LogP contribution < -0.4 is 5.73 Å². The van der Waals surface area contributed by atoms with Crippen LogP contribution in [0.5, 0.6) is 0 Å². The van der Waals surface area contributed by atoms with Crippen LogP contribution >= 0.6 is 0 Å². The largest absolute Gasteiger partial charge is 0.416 e. The zero-order chi connectivity index (χ0) is 11.1. The zero-order valence-electron chi connectivity index (χ0n) is 8.09. The van der Waals surface area contributed by atoms with Crippen molar-refractivity contribution in [2.45, 2.75) is 25.1 Å². The third-order valence-electron chi connectivity index (χ3n) is 2.73. The average molecular weight is 215 g/mol. The van der Waals surface area contributed by atoms with Crippen molar-refractivity contribution in [1.29, 1.82) is 0 Å². The van der Waals surface area contributed by atoms with Crippen LogP contribution in [0.15, 0.2) is 24.3 Å². The third kappa shape index (κ3) is 2.31. The van der Waals surface area contributed by atoms with Crippen molar-refractivity contribution >= 4 is 0 Å². The number of benzene rings is 1. The van der Waals surface area contributed by atoms with E-state index in [2.05, 4.69) is 0 Å². The van der Waals surface area contributed by atoms with Gasteiger partial charge in [0.1, 0.15) is 0 Å². The molecule has 0 saturated heterocycles. The molecule has 1 aromatic rings. The molecular weight excluding hydrogens is 203 g/mol. The molecule has 2 N–H and O–H groups in total. The minimum atomic E-state index is -4.28. The second-order valence-corrected chi connectivity index (χ2v) is 3.99. The molecule has 2 rings (SSSR count). The van der Waals surface area contributed by atoms with Gasteiger partial charge in [-0.15, -0.1) is 0 Å². The Morgan fingerprint density at radius 1 is 1.27 bits per heavy atom. The second kappa shape index (κ2) is 3.52. The molecule has 1 fully saturated rings. The van der Waals surface area contributed by atoms with Crippen LogP contribution in [0.25, 0.3) is 0 Å². The Labute approximate surface area is 86.1 Å². The molecule has 0 aromatic heterocycles. The minimum Gasteiger partial charge on any atom is -0.324 e. The van der Waals surface area contributed by atoms with E-state index in [4.69, 9.17) is 5.73 Å². The molecule has 1 aromatic carbocycles. The third-order valence-corrected chi connectivity index (χ3v) is 2.73. The summed E-state index contributed by atoms with van der Waals surface area (Å²) in [5.74, 6) is 0.369. The summed E-state index contributed by atoms with van der Waals surface area (Å²) < 4.78 is 37.2. The van der Waals surface area contributed by atoms with Gasteiger partial charge in [0.05, 0.1) is 5.56 Å². The molecule has 4 heteroatoms. The topological polar surface area (TPSA) is 26.0 Å². The summed E-state index contributed by atoms with van der Waals surface area (Å²) in [6.07, 6.45) is -2.23. The maximum absolute atomic E-state index is 12.4. The van der Waals surface area contributed by atoms with Gasteiger partial charge in [-0.2, -0.15) is 13.2 Å². The maximum Gasteiger partial charge on any atom is 0.416 e. The lowest BCUT2D eigenvalue weighted by atomic mass is 10.0. The van der Waals surface area contributed by atoms with Crippen molar-refractivity contribution in [3.8, 4) is 0 Å². The lowest BCUT2D eigenvalue weighted by Crippen LogP contribution is -2.14. The molecule has 0 amide bonds. The van der Waals surface area contributed by atoms with E-state index < -0.39 is 11.7 Å². The van der Waals surface area contributed by atoms with E-state index in [9.17, 15) is 13.2 Å². The Morgan fingerprint density at radius 3 is 2.47 bits per heavy atom. The fourth-order valence-electron chi connectivity index (χ4n) is 1.65. The van der Waals surface area contributed by atoms with Crippen molar-refractivity contribution in [1.82, 2.24) is 0 Å². The molecule has 1 atom stereocenters. The molecule has 15 heavy (non-hydrogen) atoms. The van der Waals surface area contributed by atoms with E-state index in [0.29, 0.717) is 11.5 Å². The lowest BCUT2D eigenvalue weighted by Gasteiger charge is -2.13. The number of hydrogen-bond acceptors (Lipinski definition) is 1. The molecule has 82 valence electrons. The Morgan fingerprint density at radius 2 is 1.93 bits per heavy atom. The second-order valence-electron chi connectivity index (χ2n) is 3.99. The first-order valence-corrected chi connectivity index (χ1v) is 4.91. The molecule has 1 aliphatic rings. The van der Waals surface area contributed by atoms with Crippen molar-refractivity contribution in [2.75, 3.05) is 0 Å². The van der Waals surface area contributed by atoms with E-state index in [-0.39, 0.29) is 6.04 Å². The molecule has 0 radical (unpaired) electrons. The van der Waals surface area contributed by atoms with Crippen LogP contribution in [0.1, 0.15) is 30.0 Å². The number of alkyl halides is 3. The summed E-state index contributed by atoms with van der Waals surface area (Å²) in [4.78, 5) is 0. The first-order valence-electron chi connectivity index (χ1n) is 4.91. The molecule has 0 spiro atoms. The summed E-state index contributed by atoms with van der Waals surface area (Å²) in [6, 6.07) is 5.07. The van der Waals surface area contributed by atoms with Crippen LogP contribution in [0, 0.1) is 5.92 Å². The van der Waals surface area contributed by atoms with Crippen LogP contribution in [0.2, 0.25) is 0 Å². The van der Waals surface area contributed by atoms with Gasteiger partial charge in [0, 0.05) is 6.04 Å². The van der Waals surface area contributed by atoms with Gasteiger partial charge in [-0.3, -0.25) is 0 Å². The predicted octanol–water partition coefficient (Wildman–Crippen LogP) is 3.12. The summed E-state index contributed by atoms with van der Waals surface area (Å²) in [6.45, 7) is 0. The molecule has 1 nitrogen and oxygen atoms in total. The molecule has 1 saturated carbocycles. The molecule has 0 aliphatic heterocycles. The normalized spacial score (nSPS) is 18.9.